The van der Waals surface area contributed by atoms with Gasteiger partial charge in [-0.25, -0.2) is 0 Å². The molecular weight excluding hydrogens is 336 g/mol. The van der Waals surface area contributed by atoms with Crippen molar-refractivity contribution in [1.29, 1.82) is 0 Å². The van der Waals surface area contributed by atoms with Gasteiger partial charge in [0.15, 0.2) is 11.3 Å². The van der Waals surface area contributed by atoms with Gasteiger partial charge in [0, 0.05) is 25.8 Å². The predicted octanol–water partition coefficient (Wildman–Crippen LogP) is -4.77. The van der Waals surface area contributed by atoms with Crippen molar-refractivity contribution in [2.45, 2.75) is 49.9 Å². The molecule has 0 aliphatic carbocycles. The van der Waals surface area contributed by atoms with Crippen molar-refractivity contribution < 1.29 is 36.2 Å². The van der Waals surface area contributed by atoms with Gasteiger partial charge in [-0.15, -0.1) is 0 Å². The molecule has 0 bridgehead atoms. The second-order valence-electron chi connectivity index (χ2n) is 5.93. The molecule has 0 aromatic carbocycles. The van der Waals surface area contributed by atoms with Gasteiger partial charge >= 0.3 is 0 Å². The third kappa shape index (κ3) is 7.11. The number of ether oxygens (including phenoxy) is 1. The Labute approximate surface area is 147 Å². The summed E-state index contributed by atoms with van der Waals surface area (Å²) in [6, 6.07) is 0. The van der Waals surface area contributed by atoms with Crippen molar-refractivity contribution in [2.75, 3.05) is 32.8 Å². The van der Waals surface area contributed by atoms with E-state index in [1.165, 1.54) is 6.42 Å². The highest BCUT2D eigenvalue weighted by atomic mass is 32.1. The number of nitrogens with two attached hydrogens (primary N) is 1. The molecule has 0 aromatic rings. The normalized spacial score (nSPS) is 30.1. The van der Waals surface area contributed by atoms with Crippen LogP contribution in [0, 0.1) is 0 Å². The van der Waals surface area contributed by atoms with Gasteiger partial charge in [-0.05, 0) is 12.2 Å². The topological polar surface area (TPSA) is 158 Å². The first-order valence-corrected chi connectivity index (χ1v) is 8.87. The van der Waals surface area contributed by atoms with Crippen LogP contribution in [0.1, 0.15) is 19.3 Å². The Balaban J connectivity index is 2.20. The van der Waals surface area contributed by atoms with Gasteiger partial charge in [0.25, 0.3) is 0 Å². The second kappa shape index (κ2) is 11.9. The summed E-state index contributed by atoms with van der Waals surface area (Å²) in [6.07, 6.45) is -2.81. The van der Waals surface area contributed by atoms with Crippen molar-refractivity contribution in [1.82, 2.24) is 10.6 Å². The summed E-state index contributed by atoms with van der Waals surface area (Å²) in [5, 5.41) is 46.8. The summed E-state index contributed by atoms with van der Waals surface area (Å²) in [5.74, 6) is 0. The van der Waals surface area contributed by atoms with Crippen LogP contribution in [0.5, 0.6) is 0 Å². The lowest BCUT2D eigenvalue weighted by Crippen LogP contribution is -2.84. The lowest BCUT2D eigenvalue weighted by Gasteiger charge is -2.40. The first-order chi connectivity index (χ1) is 11.5. The molecule has 1 fully saturated rings. The van der Waals surface area contributed by atoms with E-state index in [-0.39, 0.29) is 5.11 Å². The minimum atomic E-state index is -1.41. The quantitative estimate of drug-likeness (QED) is 0.141. The van der Waals surface area contributed by atoms with Crippen molar-refractivity contribution >= 4 is 17.3 Å². The van der Waals surface area contributed by atoms with E-state index >= 15 is 0 Å². The molecule has 5 atom stereocenters. The Hall–Kier alpha value is -0.590. The van der Waals surface area contributed by atoms with Gasteiger partial charge in [-0.3, -0.25) is 0 Å². The summed E-state index contributed by atoms with van der Waals surface area (Å²) >= 11 is 5.13. The number of hydrogen-bond donors (Lipinski definition) is 8. The lowest BCUT2D eigenvalue weighted by molar-refractivity contribution is -0.655. The summed E-state index contributed by atoms with van der Waals surface area (Å²) in [6.45, 7) is 3.28. The van der Waals surface area contributed by atoms with Crippen LogP contribution < -0.4 is 21.7 Å². The fourth-order valence-corrected chi connectivity index (χ4v) is 2.68. The zero-order valence-electron chi connectivity index (χ0n) is 13.9. The zero-order valence-corrected chi connectivity index (χ0v) is 14.7. The minimum Gasteiger partial charge on any atom is -0.394 e. The van der Waals surface area contributed by atoms with E-state index in [0.29, 0.717) is 6.54 Å². The van der Waals surface area contributed by atoms with Gasteiger partial charge in [0.2, 0.25) is 0 Å². The molecule has 1 saturated heterocycles. The van der Waals surface area contributed by atoms with E-state index in [4.69, 9.17) is 22.1 Å². The lowest BCUT2D eigenvalue weighted by atomic mass is 9.98. The maximum atomic E-state index is 9.91. The molecule has 10 heteroatoms. The molecule has 0 aromatic heterocycles. The number of aliphatic hydroxyl groups is 4. The SMILES string of the molecule is [NH3+]CCCC[NH2+]CCCNC(=S)N[C@H]1O[C@H](CO)[C@@H](O)[C@H](O)[C@@H]1O. The molecule has 1 aliphatic rings. The van der Waals surface area contributed by atoms with Crippen molar-refractivity contribution in [3.05, 3.63) is 0 Å². The van der Waals surface area contributed by atoms with E-state index in [1.807, 2.05) is 0 Å². The van der Waals surface area contributed by atoms with Gasteiger partial charge < -0.3 is 46.8 Å². The minimum absolute atomic E-state index is 0.288. The molecule has 24 heavy (non-hydrogen) atoms. The van der Waals surface area contributed by atoms with E-state index < -0.39 is 37.3 Å². The summed E-state index contributed by atoms with van der Waals surface area (Å²) in [5.41, 5.74) is 3.81. The maximum Gasteiger partial charge on any atom is 0.168 e. The number of thiocarbonyl (C=S) groups is 1. The molecule has 1 heterocycles. The average Bonchev–Trinajstić information content (AvgIpc) is 2.57. The third-order valence-electron chi connectivity index (χ3n) is 3.94. The number of aliphatic hydroxyl groups excluding tert-OH is 4. The predicted molar refractivity (Wildman–Crippen MR) is 90.8 cm³/mol. The molecule has 11 N–H and O–H groups in total. The molecule has 1 rings (SSSR count). The molecule has 142 valence electrons. The Morgan fingerprint density at radius 3 is 2.46 bits per heavy atom. The smallest absolute Gasteiger partial charge is 0.168 e. The van der Waals surface area contributed by atoms with E-state index in [0.717, 1.165) is 32.5 Å². The highest BCUT2D eigenvalue weighted by Gasteiger charge is 2.43. The first-order valence-electron chi connectivity index (χ1n) is 8.47. The molecule has 0 radical (unpaired) electrons. The van der Waals surface area contributed by atoms with Crippen LogP contribution in [0.4, 0.5) is 0 Å². The number of hydrogen-bond acceptors (Lipinski definition) is 6. The highest BCUT2D eigenvalue weighted by molar-refractivity contribution is 7.80. The Morgan fingerprint density at radius 2 is 1.79 bits per heavy atom. The van der Waals surface area contributed by atoms with Crippen LogP contribution >= 0.6 is 12.2 Å². The van der Waals surface area contributed by atoms with Crippen molar-refractivity contribution in [3.63, 3.8) is 0 Å². The van der Waals surface area contributed by atoms with Crippen LogP contribution in [-0.2, 0) is 4.74 Å². The van der Waals surface area contributed by atoms with Crippen LogP contribution in [0.15, 0.2) is 0 Å². The number of unbranched alkanes of at least 4 members (excludes halogenated alkanes) is 1. The van der Waals surface area contributed by atoms with Crippen LogP contribution in [0.3, 0.4) is 0 Å². The fraction of sp³-hybridized carbons (Fsp3) is 0.929. The monoisotopic (exact) mass is 368 g/mol. The van der Waals surface area contributed by atoms with E-state index in [9.17, 15) is 15.3 Å². The second-order valence-corrected chi connectivity index (χ2v) is 6.34. The van der Waals surface area contributed by atoms with Gasteiger partial charge in [-0.2, -0.15) is 0 Å². The van der Waals surface area contributed by atoms with Crippen molar-refractivity contribution in [3.8, 4) is 0 Å². The number of nitrogens with one attached hydrogen (secondary N) is 2. The van der Waals surface area contributed by atoms with Gasteiger partial charge in [0.1, 0.15) is 24.4 Å². The largest absolute Gasteiger partial charge is 0.394 e. The zero-order chi connectivity index (χ0) is 17.9. The standard InChI is InChI=1S/C14H30N4O5S/c15-4-1-2-5-16-6-3-7-17-14(24)18-13-12(22)11(21)10(20)9(8-19)23-13/h9-13,16,19-22H,1-8,15H2,(H2,17,18,24)/p+2/t9-,10-,11+,12+,13+/m1/s1. The Kier molecular flexibility index (Phi) is 10.6. The van der Waals surface area contributed by atoms with E-state index in [1.54, 1.807) is 0 Å². The molecular formula is C14H32N4O5S+2. The average molecular weight is 369 g/mol. The molecule has 0 spiro atoms. The van der Waals surface area contributed by atoms with Gasteiger partial charge in [-0.1, -0.05) is 0 Å². The van der Waals surface area contributed by atoms with Crippen LogP contribution in [0.25, 0.3) is 0 Å². The maximum absolute atomic E-state index is 9.91. The molecule has 0 unspecified atom stereocenters. The summed E-state index contributed by atoms with van der Waals surface area (Å²) < 4.78 is 5.32. The van der Waals surface area contributed by atoms with Crippen LogP contribution in [0.2, 0.25) is 0 Å². The highest BCUT2D eigenvalue weighted by Crippen LogP contribution is 2.19. The Morgan fingerprint density at radius 1 is 1.08 bits per heavy atom. The Bertz CT molecular complexity index is 364. The molecule has 9 nitrogen and oxygen atoms in total. The molecule has 1 aliphatic heterocycles. The molecule has 0 amide bonds. The van der Waals surface area contributed by atoms with Gasteiger partial charge in [0.05, 0.1) is 26.2 Å². The fourth-order valence-electron chi connectivity index (χ4n) is 2.46. The first kappa shape index (κ1) is 21.5. The van der Waals surface area contributed by atoms with Crippen LogP contribution in [-0.4, -0.2) is 89.0 Å². The number of rotatable bonds is 10. The van der Waals surface area contributed by atoms with E-state index in [2.05, 4.69) is 21.7 Å². The number of quaternary nitrogens is 2. The van der Waals surface area contributed by atoms with Crippen molar-refractivity contribution in [2.24, 2.45) is 0 Å². The summed E-state index contributed by atoms with van der Waals surface area (Å²) in [7, 11) is 0. The molecule has 0 saturated carbocycles. The summed E-state index contributed by atoms with van der Waals surface area (Å²) in [4.78, 5) is 0. The third-order valence-corrected chi connectivity index (χ3v) is 4.21.